The Bertz CT molecular complexity index is 184. The molecular formula is C5H9N3O. The summed E-state index contributed by atoms with van der Waals surface area (Å²) in [5.41, 5.74) is 5.11. The molecule has 0 saturated heterocycles. The lowest BCUT2D eigenvalue weighted by molar-refractivity contribution is 0.329. The molecule has 0 aliphatic heterocycles. The van der Waals surface area contributed by atoms with Gasteiger partial charge in [-0.1, -0.05) is 0 Å². The van der Waals surface area contributed by atoms with E-state index >= 15 is 0 Å². The van der Waals surface area contributed by atoms with Crippen molar-refractivity contribution in [3.63, 3.8) is 0 Å². The number of ether oxygens (including phenoxy) is 1. The van der Waals surface area contributed by atoms with Gasteiger partial charge in [0.25, 0.3) is 0 Å². The number of aryl methyl sites for hydroxylation is 1. The Balaban J connectivity index is 2.61. The van der Waals surface area contributed by atoms with Gasteiger partial charge in [-0.05, 0) is 0 Å². The van der Waals surface area contributed by atoms with Crippen molar-refractivity contribution in [3.05, 3.63) is 12.4 Å². The minimum Gasteiger partial charge on any atom is -0.475 e. The molecule has 0 spiro atoms. The average Bonchev–Trinajstić information content (AvgIpc) is 2.17. The smallest absolute Gasteiger partial charge is 0.159 e. The van der Waals surface area contributed by atoms with E-state index in [0.29, 0.717) is 5.75 Å². The Morgan fingerprint density at radius 3 is 3.11 bits per heavy atom. The zero-order chi connectivity index (χ0) is 6.69. The van der Waals surface area contributed by atoms with Crippen LogP contribution in [-0.4, -0.2) is 16.5 Å². The molecule has 1 aromatic rings. The second kappa shape index (κ2) is 2.50. The summed E-state index contributed by atoms with van der Waals surface area (Å²) in [7, 11) is 1.82. The zero-order valence-corrected chi connectivity index (χ0v) is 5.24. The highest BCUT2D eigenvalue weighted by Crippen LogP contribution is 2.04. The van der Waals surface area contributed by atoms with Gasteiger partial charge < -0.3 is 4.74 Å². The maximum absolute atomic E-state index is 5.11. The maximum atomic E-state index is 5.11. The highest BCUT2D eigenvalue weighted by Gasteiger charge is 1.91. The summed E-state index contributed by atoms with van der Waals surface area (Å²) in [4.78, 5) is 0. The molecule has 0 bridgehead atoms. The fourth-order valence-corrected chi connectivity index (χ4v) is 0.570. The van der Waals surface area contributed by atoms with E-state index in [2.05, 4.69) is 5.10 Å². The van der Waals surface area contributed by atoms with Crippen LogP contribution in [0, 0.1) is 0 Å². The quantitative estimate of drug-likeness (QED) is 0.556. The average molecular weight is 127 g/mol. The lowest BCUT2D eigenvalue weighted by Crippen LogP contribution is -2.06. The van der Waals surface area contributed by atoms with Gasteiger partial charge in [0.2, 0.25) is 0 Å². The number of rotatable bonds is 2. The number of nitrogens with zero attached hydrogens (tertiary/aromatic N) is 2. The van der Waals surface area contributed by atoms with Crippen LogP contribution >= 0.6 is 0 Å². The molecule has 4 nitrogen and oxygen atoms in total. The van der Waals surface area contributed by atoms with Crippen molar-refractivity contribution in [1.29, 1.82) is 0 Å². The molecule has 0 amide bonds. The predicted molar refractivity (Wildman–Crippen MR) is 32.9 cm³/mol. The zero-order valence-electron chi connectivity index (χ0n) is 5.24. The Labute approximate surface area is 53.2 Å². The molecule has 1 aromatic heterocycles. The Kier molecular flexibility index (Phi) is 1.69. The molecule has 0 unspecified atom stereocenters. The summed E-state index contributed by atoms with van der Waals surface area (Å²) < 4.78 is 6.58. The van der Waals surface area contributed by atoms with Crippen molar-refractivity contribution in [2.45, 2.75) is 0 Å². The Morgan fingerprint density at radius 1 is 1.89 bits per heavy atom. The lowest BCUT2D eigenvalue weighted by atomic mass is 10.7. The molecule has 9 heavy (non-hydrogen) atoms. The van der Waals surface area contributed by atoms with Crippen LogP contribution in [0.3, 0.4) is 0 Å². The second-order valence-electron chi connectivity index (χ2n) is 1.66. The summed E-state index contributed by atoms with van der Waals surface area (Å²) in [6, 6.07) is 0. The fraction of sp³-hybridized carbons (Fsp3) is 0.400. The third-order valence-electron chi connectivity index (χ3n) is 0.931. The van der Waals surface area contributed by atoms with Gasteiger partial charge in [-0.2, -0.15) is 5.10 Å². The third-order valence-corrected chi connectivity index (χ3v) is 0.931. The largest absolute Gasteiger partial charge is 0.475 e. The van der Waals surface area contributed by atoms with E-state index in [-0.39, 0.29) is 6.73 Å². The number of hydrogen-bond donors (Lipinski definition) is 1. The Hall–Kier alpha value is -1.03. The van der Waals surface area contributed by atoms with Crippen LogP contribution in [0.4, 0.5) is 0 Å². The second-order valence-corrected chi connectivity index (χ2v) is 1.66. The molecule has 2 N–H and O–H groups in total. The summed E-state index contributed by atoms with van der Waals surface area (Å²) >= 11 is 0. The fourth-order valence-electron chi connectivity index (χ4n) is 0.570. The minimum absolute atomic E-state index is 0.200. The molecular weight excluding hydrogens is 118 g/mol. The minimum atomic E-state index is 0.200. The van der Waals surface area contributed by atoms with Gasteiger partial charge in [-0.15, -0.1) is 0 Å². The van der Waals surface area contributed by atoms with Crippen molar-refractivity contribution >= 4 is 0 Å². The van der Waals surface area contributed by atoms with E-state index in [1.54, 1.807) is 17.1 Å². The molecule has 0 saturated carbocycles. The normalized spacial score (nSPS) is 9.56. The summed E-state index contributed by atoms with van der Waals surface area (Å²) in [6.07, 6.45) is 3.37. The van der Waals surface area contributed by atoms with Gasteiger partial charge in [0.05, 0.1) is 12.4 Å². The number of nitrogens with two attached hydrogens (primary N) is 1. The molecule has 0 fully saturated rings. The monoisotopic (exact) mass is 127 g/mol. The van der Waals surface area contributed by atoms with Crippen LogP contribution in [0.5, 0.6) is 5.75 Å². The lowest BCUT2D eigenvalue weighted by Gasteiger charge is -1.93. The molecule has 0 aliphatic rings. The van der Waals surface area contributed by atoms with Crippen LogP contribution < -0.4 is 10.5 Å². The van der Waals surface area contributed by atoms with Gasteiger partial charge >= 0.3 is 0 Å². The first-order valence-corrected chi connectivity index (χ1v) is 2.64. The summed E-state index contributed by atoms with van der Waals surface area (Å²) in [6.45, 7) is 0.200. The van der Waals surface area contributed by atoms with Gasteiger partial charge in [0, 0.05) is 7.05 Å². The van der Waals surface area contributed by atoms with Crippen LogP contribution in [0.2, 0.25) is 0 Å². The Morgan fingerprint density at radius 2 is 2.67 bits per heavy atom. The molecule has 0 aliphatic carbocycles. The summed E-state index contributed by atoms with van der Waals surface area (Å²) in [5.74, 6) is 0.708. The molecule has 1 heterocycles. The summed E-state index contributed by atoms with van der Waals surface area (Å²) in [5, 5.41) is 3.87. The topological polar surface area (TPSA) is 53.1 Å². The molecule has 1 rings (SSSR count). The molecule has 0 aromatic carbocycles. The molecule has 0 radical (unpaired) electrons. The maximum Gasteiger partial charge on any atom is 0.159 e. The number of aromatic nitrogens is 2. The van der Waals surface area contributed by atoms with E-state index in [1.165, 1.54) is 0 Å². The van der Waals surface area contributed by atoms with Crippen molar-refractivity contribution < 1.29 is 4.74 Å². The van der Waals surface area contributed by atoms with E-state index in [0.717, 1.165) is 0 Å². The van der Waals surface area contributed by atoms with Crippen LogP contribution in [-0.2, 0) is 7.05 Å². The van der Waals surface area contributed by atoms with Gasteiger partial charge in [-0.3, -0.25) is 10.4 Å². The van der Waals surface area contributed by atoms with Crippen molar-refractivity contribution in [2.75, 3.05) is 6.73 Å². The first-order chi connectivity index (χ1) is 4.33. The molecule has 0 atom stereocenters. The van der Waals surface area contributed by atoms with Crippen LogP contribution in [0.25, 0.3) is 0 Å². The van der Waals surface area contributed by atoms with Crippen LogP contribution in [0.15, 0.2) is 12.4 Å². The molecule has 4 heteroatoms. The van der Waals surface area contributed by atoms with E-state index in [4.69, 9.17) is 10.5 Å². The standard InChI is InChI=1S/C5H9N3O/c1-8-3-5(2-7-8)9-4-6/h2-3H,4,6H2,1H3. The first kappa shape index (κ1) is 6.10. The van der Waals surface area contributed by atoms with Gasteiger partial charge in [0.1, 0.15) is 6.73 Å². The van der Waals surface area contributed by atoms with E-state index in [1.807, 2.05) is 7.05 Å². The van der Waals surface area contributed by atoms with Gasteiger partial charge in [-0.25, -0.2) is 0 Å². The predicted octanol–water partition coefficient (Wildman–Crippen LogP) is -0.285. The molecule has 50 valence electrons. The van der Waals surface area contributed by atoms with E-state index in [9.17, 15) is 0 Å². The SMILES string of the molecule is Cn1cc(OCN)cn1. The third kappa shape index (κ3) is 1.43. The van der Waals surface area contributed by atoms with E-state index < -0.39 is 0 Å². The van der Waals surface area contributed by atoms with Crippen molar-refractivity contribution in [1.82, 2.24) is 9.78 Å². The highest BCUT2D eigenvalue weighted by atomic mass is 16.5. The highest BCUT2D eigenvalue weighted by molar-refractivity contribution is 5.10. The first-order valence-electron chi connectivity index (χ1n) is 2.64. The van der Waals surface area contributed by atoms with Gasteiger partial charge in [0.15, 0.2) is 5.75 Å². The van der Waals surface area contributed by atoms with Crippen LogP contribution in [0.1, 0.15) is 0 Å². The van der Waals surface area contributed by atoms with Crippen molar-refractivity contribution in [3.8, 4) is 5.75 Å². The number of hydrogen-bond acceptors (Lipinski definition) is 3. The van der Waals surface area contributed by atoms with Crippen molar-refractivity contribution in [2.24, 2.45) is 12.8 Å².